The molecule has 0 aliphatic rings. The van der Waals surface area contributed by atoms with Crippen molar-refractivity contribution in [1.82, 2.24) is 0 Å². The second-order valence-corrected chi connectivity index (χ2v) is 4.01. The van der Waals surface area contributed by atoms with Gasteiger partial charge in [0.15, 0.2) is 0 Å². The molecule has 2 aromatic rings. The van der Waals surface area contributed by atoms with Gasteiger partial charge < -0.3 is 9.84 Å². The molecule has 0 unspecified atom stereocenters. The first-order valence-corrected chi connectivity index (χ1v) is 5.86. The van der Waals surface area contributed by atoms with E-state index in [-0.39, 0.29) is 6.61 Å². The first-order valence-electron chi connectivity index (χ1n) is 5.86. The van der Waals surface area contributed by atoms with E-state index in [0.29, 0.717) is 6.61 Å². The zero-order chi connectivity index (χ0) is 12.8. The van der Waals surface area contributed by atoms with Crippen LogP contribution in [0, 0.1) is 0 Å². The maximum absolute atomic E-state index is 8.96. The first-order chi connectivity index (χ1) is 8.83. The molecule has 2 rings (SSSR count). The summed E-state index contributed by atoms with van der Waals surface area (Å²) in [6.45, 7) is 4.34. The Morgan fingerprint density at radius 2 is 1.67 bits per heavy atom. The molecule has 1 N–H and O–H groups in total. The monoisotopic (exact) mass is 240 g/mol. The summed E-state index contributed by atoms with van der Waals surface area (Å²) in [5.41, 5.74) is 2.97. The van der Waals surface area contributed by atoms with Crippen LogP contribution in [0.15, 0.2) is 55.1 Å². The van der Waals surface area contributed by atoms with Gasteiger partial charge in [-0.15, -0.1) is 0 Å². The molecule has 0 amide bonds. The van der Waals surface area contributed by atoms with Crippen LogP contribution in [0.5, 0.6) is 5.75 Å². The van der Waals surface area contributed by atoms with Crippen molar-refractivity contribution in [1.29, 1.82) is 0 Å². The predicted molar refractivity (Wildman–Crippen MR) is 73.2 cm³/mol. The third kappa shape index (κ3) is 2.99. The Hall–Kier alpha value is -2.06. The van der Waals surface area contributed by atoms with Gasteiger partial charge in [-0.2, -0.15) is 0 Å². The summed E-state index contributed by atoms with van der Waals surface area (Å²) in [6, 6.07) is 15.5. The molecule has 0 heterocycles. The second kappa shape index (κ2) is 6.03. The van der Waals surface area contributed by atoms with Gasteiger partial charge in [0.05, 0.1) is 6.61 Å². The number of hydrogen-bond donors (Lipinski definition) is 1. The molecule has 18 heavy (non-hydrogen) atoms. The van der Waals surface area contributed by atoms with Crippen LogP contribution in [-0.2, 0) is 13.2 Å². The van der Waals surface area contributed by atoms with Crippen molar-refractivity contribution < 1.29 is 9.84 Å². The zero-order valence-electron chi connectivity index (χ0n) is 10.2. The molecule has 0 bridgehead atoms. The van der Waals surface area contributed by atoms with E-state index in [1.54, 1.807) is 6.08 Å². The van der Waals surface area contributed by atoms with Crippen LogP contribution in [0.1, 0.15) is 16.7 Å². The van der Waals surface area contributed by atoms with Crippen LogP contribution in [0.3, 0.4) is 0 Å². The van der Waals surface area contributed by atoms with Gasteiger partial charge >= 0.3 is 0 Å². The number of benzene rings is 2. The fraction of sp³-hybridized carbons (Fsp3) is 0.125. The molecule has 0 radical (unpaired) electrons. The van der Waals surface area contributed by atoms with E-state index >= 15 is 0 Å². The summed E-state index contributed by atoms with van der Waals surface area (Å²) < 4.78 is 5.75. The summed E-state index contributed by atoms with van der Waals surface area (Å²) in [4.78, 5) is 0. The topological polar surface area (TPSA) is 29.5 Å². The zero-order valence-corrected chi connectivity index (χ0v) is 10.2. The average molecular weight is 240 g/mol. The minimum Gasteiger partial charge on any atom is -0.488 e. The van der Waals surface area contributed by atoms with Crippen LogP contribution >= 0.6 is 0 Å². The molecule has 0 spiro atoms. The Balaban J connectivity index is 2.04. The maximum Gasteiger partial charge on any atom is 0.127 e. The number of aliphatic hydroxyl groups excluding tert-OH is 1. The van der Waals surface area contributed by atoms with Gasteiger partial charge in [-0.1, -0.05) is 55.1 Å². The molecule has 2 aromatic carbocycles. The molecule has 0 fully saturated rings. The van der Waals surface area contributed by atoms with E-state index in [9.17, 15) is 0 Å². The molecule has 0 aliphatic carbocycles. The summed E-state index contributed by atoms with van der Waals surface area (Å²) in [5.74, 6) is 0.832. The Kier molecular flexibility index (Phi) is 4.15. The van der Waals surface area contributed by atoms with Crippen molar-refractivity contribution in [3.05, 3.63) is 71.8 Å². The molecule has 0 saturated heterocycles. The van der Waals surface area contributed by atoms with E-state index < -0.39 is 0 Å². The van der Waals surface area contributed by atoms with Gasteiger partial charge in [-0.25, -0.2) is 0 Å². The Morgan fingerprint density at radius 1 is 1.00 bits per heavy atom. The van der Waals surface area contributed by atoms with Crippen molar-refractivity contribution in [3.63, 3.8) is 0 Å². The number of para-hydroxylation sites is 1. The van der Waals surface area contributed by atoms with Crippen LogP contribution < -0.4 is 4.74 Å². The van der Waals surface area contributed by atoms with E-state index in [1.807, 2.05) is 48.5 Å². The standard InChI is InChI=1S/C16H16O2/c1-2-15-5-3-4-6-16(15)18-12-14-9-7-13(11-17)8-10-14/h2-10,17H,1,11-12H2. The lowest BCUT2D eigenvalue weighted by atomic mass is 10.1. The van der Waals surface area contributed by atoms with E-state index in [0.717, 1.165) is 22.4 Å². The quantitative estimate of drug-likeness (QED) is 0.868. The Morgan fingerprint density at radius 3 is 2.33 bits per heavy atom. The average Bonchev–Trinajstić information content (AvgIpc) is 2.46. The highest BCUT2D eigenvalue weighted by atomic mass is 16.5. The van der Waals surface area contributed by atoms with Crippen molar-refractivity contribution in [2.45, 2.75) is 13.2 Å². The van der Waals surface area contributed by atoms with Gasteiger partial charge in [0.1, 0.15) is 12.4 Å². The SMILES string of the molecule is C=Cc1ccccc1OCc1ccc(CO)cc1. The number of rotatable bonds is 5. The van der Waals surface area contributed by atoms with Crippen molar-refractivity contribution >= 4 is 6.08 Å². The molecular weight excluding hydrogens is 224 g/mol. The van der Waals surface area contributed by atoms with Crippen LogP contribution in [-0.4, -0.2) is 5.11 Å². The highest BCUT2D eigenvalue weighted by Gasteiger charge is 2.00. The summed E-state index contributed by atoms with van der Waals surface area (Å²) >= 11 is 0. The maximum atomic E-state index is 8.96. The van der Waals surface area contributed by atoms with Crippen LogP contribution in [0.2, 0.25) is 0 Å². The normalized spacial score (nSPS) is 10.1. The Bertz CT molecular complexity index is 515. The highest BCUT2D eigenvalue weighted by Crippen LogP contribution is 2.20. The van der Waals surface area contributed by atoms with Gasteiger partial charge in [-0.05, 0) is 17.2 Å². The molecule has 0 aliphatic heterocycles. The number of hydrogen-bond acceptors (Lipinski definition) is 2. The molecule has 2 nitrogen and oxygen atoms in total. The molecule has 92 valence electrons. The molecule has 0 aromatic heterocycles. The van der Waals surface area contributed by atoms with Gasteiger partial charge in [0, 0.05) is 5.56 Å². The largest absolute Gasteiger partial charge is 0.488 e. The molecule has 0 atom stereocenters. The molecule has 2 heteroatoms. The smallest absolute Gasteiger partial charge is 0.127 e. The highest BCUT2D eigenvalue weighted by molar-refractivity contribution is 5.55. The summed E-state index contributed by atoms with van der Waals surface area (Å²) in [7, 11) is 0. The van der Waals surface area contributed by atoms with E-state index in [4.69, 9.17) is 9.84 Å². The predicted octanol–water partition coefficient (Wildman–Crippen LogP) is 3.40. The van der Waals surface area contributed by atoms with Crippen LogP contribution in [0.4, 0.5) is 0 Å². The fourth-order valence-electron chi connectivity index (χ4n) is 1.68. The minimum atomic E-state index is 0.0699. The van der Waals surface area contributed by atoms with Crippen LogP contribution in [0.25, 0.3) is 6.08 Å². The minimum absolute atomic E-state index is 0.0699. The third-order valence-corrected chi connectivity index (χ3v) is 2.74. The van der Waals surface area contributed by atoms with Crippen molar-refractivity contribution in [2.75, 3.05) is 0 Å². The van der Waals surface area contributed by atoms with Gasteiger partial charge in [0.25, 0.3) is 0 Å². The second-order valence-electron chi connectivity index (χ2n) is 4.01. The van der Waals surface area contributed by atoms with E-state index in [2.05, 4.69) is 6.58 Å². The first kappa shape index (κ1) is 12.4. The fourth-order valence-corrected chi connectivity index (χ4v) is 1.68. The Labute approximate surface area is 107 Å². The third-order valence-electron chi connectivity index (χ3n) is 2.74. The van der Waals surface area contributed by atoms with Gasteiger partial charge in [-0.3, -0.25) is 0 Å². The lowest BCUT2D eigenvalue weighted by molar-refractivity contribution is 0.281. The summed E-state index contributed by atoms with van der Waals surface area (Å²) in [6.07, 6.45) is 1.78. The molecular formula is C16H16O2. The molecule has 0 saturated carbocycles. The van der Waals surface area contributed by atoms with Crippen molar-refractivity contribution in [3.8, 4) is 5.75 Å². The van der Waals surface area contributed by atoms with Gasteiger partial charge in [0.2, 0.25) is 0 Å². The number of aliphatic hydroxyl groups is 1. The van der Waals surface area contributed by atoms with E-state index in [1.165, 1.54) is 0 Å². The lowest BCUT2D eigenvalue weighted by Gasteiger charge is -2.09. The van der Waals surface area contributed by atoms with Crippen molar-refractivity contribution in [2.24, 2.45) is 0 Å². The number of ether oxygens (including phenoxy) is 1. The lowest BCUT2D eigenvalue weighted by Crippen LogP contribution is -1.97. The summed E-state index contributed by atoms with van der Waals surface area (Å²) in [5, 5.41) is 8.96.